The van der Waals surface area contributed by atoms with Gasteiger partial charge in [-0.25, -0.2) is 10.8 Å². The van der Waals surface area contributed by atoms with E-state index in [2.05, 4.69) is 25.7 Å². The zero-order valence-corrected chi connectivity index (χ0v) is 9.95. The van der Waals surface area contributed by atoms with Gasteiger partial charge in [0.15, 0.2) is 5.82 Å². The van der Waals surface area contributed by atoms with Crippen LogP contribution in [0, 0.1) is 0 Å². The van der Waals surface area contributed by atoms with E-state index in [1.54, 1.807) is 5.38 Å². The largest absolute Gasteiger partial charge is 0.345 e. The molecule has 18 heavy (non-hydrogen) atoms. The first-order valence-electron chi connectivity index (χ1n) is 4.92. The second-order valence-electron chi connectivity index (χ2n) is 3.29. The lowest BCUT2D eigenvalue weighted by molar-refractivity contribution is 0.0945. The van der Waals surface area contributed by atoms with Crippen molar-refractivity contribution in [1.29, 1.82) is 0 Å². The molecule has 1 amide bonds. The quantitative estimate of drug-likeness (QED) is 0.434. The molecule has 0 aliphatic heterocycles. The molecule has 0 atom stereocenters. The Balaban J connectivity index is 2.01. The van der Waals surface area contributed by atoms with Crippen LogP contribution in [0.2, 0.25) is 0 Å². The Labute approximate surface area is 105 Å². The van der Waals surface area contributed by atoms with Crippen molar-refractivity contribution in [2.24, 2.45) is 5.84 Å². The lowest BCUT2D eigenvalue weighted by atomic mass is 10.4. The van der Waals surface area contributed by atoms with Gasteiger partial charge in [0.05, 0.1) is 18.9 Å². The van der Waals surface area contributed by atoms with Crippen molar-refractivity contribution in [3.05, 3.63) is 38.8 Å². The van der Waals surface area contributed by atoms with Gasteiger partial charge < -0.3 is 15.7 Å². The number of nitrogen functional groups attached to an aromatic ring is 1. The minimum Gasteiger partial charge on any atom is -0.345 e. The number of carbonyl (C=O) groups is 1. The van der Waals surface area contributed by atoms with Crippen LogP contribution in [0.5, 0.6) is 0 Å². The predicted octanol–water partition coefficient (Wildman–Crippen LogP) is -0.558. The molecule has 2 rings (SSSR count). The molecule has 0 aromatic carbocycles. The number of nitrogens with two attached hydrogens (primary N) is 1. The van der Waals surface area contributed by atoms with Gasteiger partial charge in [0, 0.05) is 11.1 Å². The number of hydrogen-bond acceptors (Lipinski definition) is 7. The van der Waals surface area contributed by atoms with Crippen LogP contribution in [-0.4, -0.2) is 20.9 Å². The van der Waals surface area contributed by atoms with Crippen LogP contribution in [0.3, 0.4) is 0 Å². The number of nitrogens with one attached hydrogen (secondary N) is 3. The second-order valence-corrected chi connectivity index (χ2v) is 4.13. The van der Waals surface area contributed by atoms with E-state index in [0.29, 0.717) is 11.5 Å². The maximum absolute atomic E-state index is 11.7. The number of hydrogen-bond donors (Lipinski definition) is 4. The summed E-state index contributed by atoms with van der Waals surface area (Å²) in [6.07, 6.45) is 2.72. The van der Waals surface area contributed by atoms with E-state index in [0.717, 1.165) is 11.3 Å². The number of thiazole rings is 1. The molecule has 0 spiro atoms. The molecule has 94 valence electrons. The topological polar surface area (TPSA) is 126 Å². The Morgan fingerprint density at radius 1 is 1.50 bits per heavy atom. The van der Waals surface area contributed by atoms with Crippen molar-refractivity contribution in [3.63, 3.8) is 0 Å². The second kappa shape index (κ2) is 5.38. The Bertz CT molecular complexity index is 607. The number of rotatable bonds is 4. The van der Waals surface area contributed by atoms with Gasteiger partial charge in [-0.3, -0.25) is 14.6 Å². The Hall–Kier alpha value is -2.26. The van der Waals surface area contributed by atoms with Crippen molar-refractivity contribution in [2.75, 3.05) is 5.43 Å². The predicted molar refractivity (Wildman–Crippen MR) is 66.0 cm³/mol. The van der Waals surface area contributed by atoms with E-state index in [1.807, 2.05) is 0 Å². The van der Waals surface area contributed by atoms with Gasteiger partial charge in [0.25, 0.3) is 5.91 Å². The summed E-state index contributed by atoms with van der Waals surface area (Å²) in [6, 6.07) is 0. The molecule has 0 saturated heterocycles. The summed E-state index contributed by atoms with van der Waals surface area (Å²) < 4.78 is 0. The first-order valence-corrected chi connectivity index (χ1v) is 5.80. The van der Waals surface area contributed by atoms with E-state index < -0.39 is 5.91 Å². The van der Waals surface area contributed by atoms with E-state index >= 15 is 0 Å². The minimum atomic E-state index is -0.397. The zero-order valence-electron chi connectivity index (χ0n) is 9.14. The normalized spacial score (nSPS) is 10.1. The Kier molecular flexibility index (Phi) is 3.65. The number of amides is 1. The highest BCUT2D eigenvalue weighted by atomic mass is 32.1. The highest BCUT2D eigenvalue weighted by Crippen LogP contribution is 2.01. The number of aromatic nitrogens is 3. The Morgan fingerprint density at radius 2 is 2.33 bits per heavy atom. The van der Waals surface area contributed by atoms with Gasteiger partial charge in [-0.2, -0.15) is 0 Å². The maximum Gasteiger partial charge on any atom is 0.304 e. The monoisotopic (exact) mass is 266 g/mol. The molecule has 8 nitrogen and oxygen atoms in total. The lowest BCUT2D eigenvalue weighted by Crippen LogP contribution is -2.25. The molecule has 0 aliphatic carbocycles. The third-order valence-electron chi connectivity index (χ3n) is 2.03. The van der Waals surface area contributed by atoms with Crippen LogP contribution in [0.1, 0.15) is 16.2 Å². The highest BCUT2D eigenvalue weighted by molar-refractivity contribution is 7.07. The zero-order chi connectivity index (χ0) is 13.0. The van der Waals surface area contributed by atoms with E-state index in [4.69, 9.17) is 5.84 Å². The van der Waals surface area contributed by atoms with Gasteiger partial charge in [-0.15, -0.1) is 0 Å². The van der Waals surface area contributed by atoms with Crippen LogP contribution >= 0.6 is 11.3 Å². The maximum atomic E-state index is 11.7. The molecule has 0 unspecified atom stereocenters. The van der Waals surface area contributed by atoms with Crippen LogP contribution in [0.25, 0.3) is 0 Å². The summed E-state index contributed by atoms with van der Waals surface area (Å²) >= 11 is 1.04. The van der Waals surface area contributed by atoms with Gasteiger partial charge in [-0.05, 0) is 0 Å². The molecule has 9 heteroatoms. The summed E-state index contributed by atoms with van der Waals surface area (Å²) in [4.78, 5) is 32.8. The first kappa shape index (κ1) is 12.2. The fraction of sp³-hybridized carbons (Fsp3) is 0.111. The van der Waals surface area contributed by atoms with E-state index in [-0.39, 0.29) is 17.1 Å². The van der Waals surface area contributed by atoms with Crippen molar-refractivity contribution in [1.82, 2.24) is 20.3 Å². The van der Waals surface area contributed by atoms with Gasteiger partial charge in [-0.1, -0.05) is 11.3 Å². The molecule has 0 bridgehead atoms. The summed E-state index contributed by atoms with van der Waals surface area (Å²) in [6.45, 7) is 0.222. The van der Waals surface area contributed by atoms with Crippen LogP contribution in [-0.2, 0) is 6.54 Å². The van der Waals surface area contributed by atoms with Crippen molar-refractivity contribution in [3.8, 4) is 0 Å². The average Bonchev–Trinajstić information content (AvgIpc) is 2.82. The molecular weight excluding hydrogens is 256 g/mol. The lowest BCUT2D eigenvalue weighted by Gasteiger charge is -2.04. The average molecular weight is 266 g/mol. The number of H-pyrrole nitrogens is 1. The van der Waals surface area contributed by atoms with Crippen molar-refractivity contribution >= 4 is 23.1 Å². The third kappa shape index (κ3) is 2.90. The Morgan fingerprint density at radius 3 is 3.00 bits per heavy atom. The van der Waals surface area contributed by atoms with Crippen LogP contribution < -0.4 is 21.5 Å². The molecule has 0 radical (unpaired) electrons. The van der Waals surface area contributed by atoms with Crippen molar-refractivity contribution < 1.29 is 4.79 Å². The molecule has 0 aliphatic rings. The van der Waals surface area contributed by atoms with Crippen molar-refractivity contribution in [2.45, 2.75) is 6.54 Å². The molecule has 2 aromatic heterocycles. The smallest absolute Gasteiger partial charge is 0.304 e. The number of aromatic amines is 1. The van der Waals surface area contributed by atoms with Gasteiger partial charge >= 0.3 is 4.87 Å². The fourth-order valence-corrected chi connectivity index (χ4v) is 1.79. The van der Waals surface area contributed by atoms with E-state index in [1.165, 1.54) is 12.4 Å². The number of hydrazine groups is 1. The van der Waals surface area contributed by atoms with E-state index in [9.17, 15) is 9.59 Å². The minimum absolute atomic E-state index is 0.142. The molecular formula is C9H10N6O2S. The summed E-state index contributed by atoms with van der Waals surface area (Å²) in [5, 5.41) is 4.25. The SMILES string of the molecule is NNc1cncc(C(=O)NCc2csc(=O)[nH]2)n1. The number of nitrogens with zero attached hydrogens (tertiary/aromatic N) is 2. The van der Waals surface area contributed by atoms with Crippen LogP contribution in [0.4, 0.5) is 5.82 Å². The third-order valence-corrected chi connectivity index (χ3v) is 2.74. The first-order chi connectivity index (χ1) is 8.69. The van der Waals surface area contributed by atoms with Gasteiger partial charge in [0.2, 0.25) is 0 Å². The van der Waals surface area contributed by atoms with Gasteiger partial charge in [0.1, 0.15) is 5.69 Å². The molecule has 2 heterocycles. The fourth-order valence-electron chi connectivity index (χ4n) is 1.21. The number of anilines is 1. The molecule has 0 fully saturated rings. The standard InChI is InChI=1S/C9H10N6O2S/c10-15-7-3-11-2-6(14-7)8(16)12-1-5-4-18-9(17)13-5/h2-4H,1,10H2,(H,12,16)(H,13,17)(H,14,15). The summed E-state index contributed by atoms with van der Waals surface area (Å²) in [5.74, 6) is 5.07. The molecule has 0 saturated carbocycles. The summed E-state index contributed by atoms with van der Waals surface area (Å²) in [5.41, 5.74) is 3.08. The van der Waals surface area contributed by atoms with Crippen LogP contribution in [0.15, 0.2) is 22.6 Å². The highest BCUT2D eigenvalue weighted by Gasteiger charge is 2.08. The number of carbonyl (C=O) groups excluding carboxylic acids is 1. The molecule has 5 N–H and O–H groups in total. The molecule has 2 aromatic rings. The summed E-state index contributed by atoms with van der Waals surface area (Å²) in [7, 11) is 0.